The lowest BCUT2D eigenvalue weighted by atomic mass is 9.88. The van der Waals surface area contributed by atoms with Crippen LogP contribution in [0.2, 0.25) is 0 Å². The number of hydrogen-bond donors (Lipinski definition) is 1. The summed E-state index contributed by atoms with van der Waals surface area (Å²) in [5, 5.41) is 5.91. The molecule has 108 valence electrons. The van der Waals surface area contributed by atoms with Crippen molar-refractivity contribution < 1.29 is 0 Å². The van der Waals surface area contributed by atoms with E-state index in [4.69, 9.17) is 0 Å². The summed E-state index contributed by atoms with van der Waals surface area (Å²) < 4.78 is 0. The number of thiophene rings is 1. The number of aryl methyl sites for hydroxylation is 1. The number of nitrogens with zero attached hydrogens (tertiary/aromatic N) is 1. The molecule has 0 aliphatic carbocycles. The van der Waals surface area contributed by atoms with Crippen LogP contribution in [0.3, 0.4) is 0 Å². The zero-order chi connectivity index (χ0) is 13.7. The average Bonchev–Trinajstić information content (AvgIpc) is 3.06. The lowest BCUT2D eigenvalue weighted by Gasteiger charge is -2.42. The Kier molecular flexibility index (Phi) is 5.43. The van der Waals surface area contributed by atoms with Crippen LogP contribution < -0.4 is 5.32 Å². The van der Waals surface area contributed by atoms with Gasteiger partial charge in [0.1, 0.15) is 0 Å². The lowest BCUT2D eigenvalue weighted by molar-refractivity contribution is 0.103. The molecule has 1 aromatic heterocycles. The molecule has 0 saturated carbocycles. The Morgan fingerprint density at radius 2 is 2.11 bits per heavy atom. The summed E-state index contributed by atoms with van der Waals surface area (Å²) in [5.74, 6) is 0. The average molecular weight is 280 g/mol. The summed E-state index contributed by atoms with van der Waals surface area (Å²) >= 11 is 1.88. The predicted octanol–water partition coefficient (Wildman–Crippen LogP) is 3.53. The topological polar surface area (TPSA) is 15.3 Å². The maximum atomic E-state index is 3.73. The van der Waals surface area contributed by atoms with Gasteiger partial charge in [-0.15, -0.1) is 11.3 Å². The van der Waals surface area contributed by atoms with Gasteiger partial charge in [0.2, 0.25) is 0 Å². The van der Waals surface area contributed by atoms with Crippen molar-refractivity contribution in [3.63, 3.8) is 0 Å². The van der Waals surface area contributed by atoms with Gasteiger partial charge in [-0.05, 0) is 70.6 Å². The smallest absolute Gasteiger partial charge is 0.0306 e. The van der Waals surface area contributed by atoms with Gasteiger partial charge in [0.25, 0.3) is 0 Å². The SMILES string of the molecule is CCNC(CCc1cccs1)C(C)(C)N1CCCC1. The first kappa shape index (κ1) is 15.0. The third kappa shape index (κ3) is 3.80. The molecule has 0 bridgehead atoms. The molecule has 1 aromatic rings. The minimum atomic E-state index is 0.268. The van der Waals surface area contributed by atoms with E-state index in [1.54, 1.807) is 0 Å². The van der Waals surface area contributed by atoms with Gasteiger partial charge < -0.3 is 5.32 Å². The summed E-state index contributed by atoms with van der Waals surface area (Å²) in [6, 6.07) is 5.00. The number of likely N-dealkylation sites (N-methyl/N-ethyl adjacent to an activating group) is 1. The van der Waals surface area contributed by atoms with Crippen molar-refractivity contribution >= 4 is 11.3 Å². The molecule has 0 spiro atoms. The van der Waals surface area contributed by atoms with Crippen LogP contribution in [0.4, 0.5) is 0 Å². The highest BCUT2D eigenvalue weighted by Crippen LogP contribution is 2.27. The Balaban J connectivity index is 1.96. The number of hydrogen-bond acceptors (Lipinski definition) is 3. The molecule has 1 saturated heterocycles. The van der Waals surface area contributed by atoms with Crippen molar-refractivity contribution in [1.29, 1.82) is 0 Å². The Labute approximate surface area is 122 Å². The zero-order valence-electron chi connectivity index (χ0n) is 12.6. The van der Waals surface area contributed by atoms with Gasteiger partial charge in [0.05, 0.1) is 0 Å². The molecule has 1 fully saturated rings. The molecule has 1 aliphatic heterocycles. The molecular formula is C16H28N2S. The quantitative estimate of drug-likeness (QED) is 0.822. The number of rotatable bonds is 7. The molecule has 1 unspecified atom stereocenters. The molecule has 0 amide bonds. The third-order valence-corrected chi connectivity index (χ3v) is 5.42. The molecule has 1 N–H and O–H groups in total. The van der Waals surface area contributed by atoms with Crippen molar-refractivity contribution in [1.82, 2.24) is 10.2 Å². The van der Waals surface area contributed by atoms with Gasteiger partial charge in [-0.2, -0.15) is 0 Å². The van der Waals surface area contributed by atoms with E-state index >= 15 is 0 Å². The minimum absolute atomic E-state index is 0.268. The van der Waals surface area contributed by atoms with E-state index in [-0.39, 0.29) is 5.54 Å². The van der Waals surface area contributed by atoms with E-state index in [1.165, 1.54) is 43.6 Å². The lowest BCUT2D eigenvalue weighted by Crippen LogP contribution is -2.57. The van der Waals surface area contributed by atoms with Crippen LogP contribution in [0.25, 0.3) is 0 Å². The monoisotopic (exact) mass is 280 g/mol. The third-order valence-electron chi connectivity index (χ3n) is 4.48. The summed E-state index contributed by atoms with van der Waals surface area (Å²) in [6.45, 7) is 10.7. The van der Waals surface area contributed by atoms with Gasteiger partial charge in [-0.25, -0.2) is 0 Å². The second-order valence-electron chi connectivity index (χ2n) is 6.08. The second-order valence-corrected chi connectivity index (χ2v) is 7.11. The van der Waals surface area contributed by atoms with Crippen molar-refractivity contribution in [2.75, 3.05) is 19.6 Å². The Hall–Kier alpha value is -0.380. The first-order valence-electron chi connectivity index (χ1n) is 7.65. The molecule has 19 heavy (non-hydrogen) atoms. The Morgan fingerprint density at radius 1 is 1.37 bits per heavy atom. The number of likely N-dealkylation sites (tertiary alicyclic amines) is 1. The van der Waals surface area contributed by atoms with Crippen molar-refractivity contribution in [2.24, 2.45) is 0 Å². The Bertz CT molecular complexity index is 353. The fourth-order valence-corrected chi connectivity index (χ4v) is 3.93. The van der Waals surface area contributed by atoms with E-state index in [0.29, 0.717) is 6.04 Å². The summed E-state index contributed by atoms with van der Waals surface area (Å²) in [4.78, 5) is 4.19. The predicted molar refractivity (Wildman–Crippen MR) is 85.0 cm³/mol. The second kappa shape index (κ2) is 6.87. The zero-order valence-corrected chi connectivity index (χ0v) is 13.4. The van der Waals surface area contributed by atoms with Crippen LogP contribution in [0.15, 0.2) is 17.5 Å². The van der Waals surface area contributed by atoms with Crippen LogP contribution in [-0.4, -0.2) is 36.1 Å². The molecule has 2 heterocycles. The van der Waals surface area contributed by atoms with E-state index < -0.39 is 0 Å². The van der Waals surface area contributed by atoms with Gasteiger partial charge in [0, 0.05) is 16.5 Å². The van der Waals surface area contributed by atoms with E-state index in [0.717, 1.165) is 6.54 Å². The normalized spacial score (nSPS) is 18.9. The maximum absolute atomic E-state index is 3.73. The fraction of sp³-hybridized carbons (Fsp3) is 0.750. The van der Waals surface area contributed by atoms with Gasteiger partial charge in [-0.3, -0.25) is 4.90 Å². The van der Waals surface area contributed by atoms with Crippen LogP contribution in [0.1, 0.15) is 44.9 Å². The Morgan fingerprint density at radius 3 is 2.68 bits per heavy atom. The summed E-state index contributed by atoms with van der Waals surface area (Å²) in [5.41, 5.74) is 0.268. The first-order valence-corrected chi connectivity index (χ1v) is 8.53. The molecule has 2 rings (SSSR count). The van der Waals surface area contributed by atoms with E-state index in [9.17, 15) is 0 Å². The molecule has 1 aliphatic rings. The van der Waals surface area contributed by atoms with Gasteiger partial charge >= 0.3 is 0 Å². The highest BCUT2D eigenvalue weighted by atomic mass is 32.1. The van der Waals surface area contributed by atoms with Crippen LogP contribution in [-0.2, 0) is 6.42 Å². The molecule has 2 nitrogen and oxygen atoms in total. The summed E-state index contributed by atoms with van der Waals surface area (Å²) in [7, 11) is 0. The van der Waals surface area contributed by atoms with Gasteiger partial charge in [-0.1, -0.05) is 13.0 Å². The van der Waals surface area contributed by atoms with Crippen molar-refractivity contribution in [3.8, 4) is 0 Å². The molecule has 0 aromatic carbocycles. The highest BCUT2D eigenvalue weighted by Gasteiger charge is 2.35. The summed E-state index contributed by atoms with van der Waals surface area (Å²) in [6.07, 6.45) is 5.17. The fourth-order valence-electron chi connectivity index (χ4n) is 3.21. The van der Waals surface area contributed by atoms with Gasteiger partial charge in [0.15, 0.2) is 0 Å². The largest absolute Gasteiger partial charge is 0.312 e. The number of nitrogens with one attached hydrogen (secondary N) is 1. The highest BCUT2D eigenvalue weighted by molar-refractivity contribution is 7.09. The molecule has 0 radical (unpaired) electrons. The van der Waals surface area contributed by atoms with Crippen LogP contribution in [0, 0.1) is 0 Å². The van der Waals surface area contributed by atoms with E-state index in [1.807, 2.05) is 11.3 Å². The standard InChI is InChI=1S/C16H28N2S/c1-4-17-15(10-9-14-8-7-13-19-14)16(2,3)18-11-5-6-12-18/h7-8,13,15,17H,4-6,9-12H2,1-3H3. The molecule has 3 heteroatoms. The molecular weight excluding hydrogens is 252 g/mol. The van der Waals surface area contributed by atoms with Crippen molar-refractivity contribution in [3.05, 3.63) is 22.4 Å². The first-order chi connectivity index (χ1) is 9.14. The van der Waals surface area contributed by atoms with Crippen molar-refractivity contribution in [2.45, 2.75) is 58.0 Å². The maximum Gasteiger partial charge on any atom is 0.0306 e. The van der Waals surface area contributed by atoms with E-state index in [2.05, 4.69) is 48.5 Å². The molecule has 1 atom stereocenters. The minimum Gasteiger partial charge on any atom is -0.312 e. The van der Waals surface area contributed by atoms with Crippen LogP contribution >= 0.6 is 11.3 Å². The van der Waals surface area contributed by atoms with Crippen LogP contribution in [0.5, 0.6) is 0 Å².